The third-order valence-electron chi connectivity index (χ3n) is 4.38. The lowest BCUT2D eigenvalue weighted by molar-refractivity contribution is 0.0695. The van der Waals surface area contributed by atoms with Crippen LogP contribution in [0.1, 0.15) is 28.3 Å². The third-order valence-corrected chi connectivity index (χ3v) is 6.13. The van der Waals surface area contributed by atoms with Gasteiger partial charge in [-0.05, 0) is 31.2 Å². The number of imidazole rings is 1. The van der Waals surface area contributed by atoms with Crippen LogP contribution in [0.4, 0.5) is 0 Å². The van der Waals surface area contributed by atoms with Crippen molar-refractivity contribution in [2.45, 2.75) is 13.0 Å². The molecule has 2 aromatic carbocycles. The van der Waals surface area contributed by atoms with Gasteiger partial charge >= 0.3 is 5.97 Å². The van der Waals surface area contributed by atoms with Crippen molar-refractivity contribution in [2.75, 3.05) is 0 Å². The van der Waals surface area contributed by atoms with E-state index in [-0.39, 0.29) is 21.4 Å². The van der Waals surface area contributed by atoms with Crippen LogP contribution >= 0.6 is 34.5 Å². The zero-order chi connectivity index (χ0) is 20.7. The van der Waals surface area contributed by atoms with Crippen LogP contribution in [0.2, 0.25) is 10.0 Å². The number of aromatic nitrogens is 2. The number of carboxylic acid groups (broad SMARTS) is 1. The largest absolute Gasteiger partial charge is 0.506 e. The highest BCUT2D eigenvalue weighted by Crippen LogP contribution is 2.38. The number of rotatable bonds is 5. The van der Waals surface area contributed by atoms with Crippen molar-refractivity contribution < 1.29 is 19.7 Å². The summed E-state index contributed by atoms with van der Waals surface area (Å²) in [5.41, 5.74) is 2.05. The standard InChI is InChI=1S/C20H14Cl2N2O4S/c1-10(12-3-2-4-15(25)18(12)22)28-16-8-17(29-19(16)20(26)27)24-9-23-13-7-11(21)5-6-14(13)24/h2-10,25H,1H3,(H,26,27)/t10-/m1/s1. The minimum Gasteiger partial charge on any atom is -0.506 e. The van der Waals surface area contributed by atoms with Gasteiger partial charge in [0.1, 0.15) is 28.9 Å². The number of ether oxygens (including phenoxy) is 1. The number of thiophene rings is 1. The molecule has 1 atom stereocenters. The number of phenolic OH excluding ortho intramolecular Hbond substituents is 1. The van der Waals surface area contributed by atoms with Crippen LogP contribution in [0.5, 0.6) is 11.5 Å². The van der Waals surface area contributed by atoms with Gasteiger partial charge in [-0.3, -0.25) is 4.57 Å². The fourth-order valence-corrected chi connectivity index (χ4v) is 4.34. The molecular weight excluding hydrogens is 435 g/mol. The van der Waals surface area contributed by atoms with Crippen molar-refractivity contribution in [3.8, 4) is 16.5 Å². The number of fused-ring (bicyclic) bond motifs is 1. The highest BCUT2D eigenvalue weighted by atomic mass is 35.5. The van der Waals surface area contributed by atoms with Crippen LogP contribution in [0.3, 0.4) is 0 Å². The molecule has 0 bridgehead atoms. The topological polar surface area (TPSA) is 84.6 Å². The Kier molecular flexibility index (Phi) is 5.12. The van der Waals surface area contributed by atoms with E-state index in [1.54, 1.807) is 48.1 Å². The van der Waals surface area contributed by atoms with Crippen LogP contribution in [0, 0.1) is 0 Å². The molecule has 9 heteroatoms. The SMILES string of the molecule is C[C@@H](Oc1cc(-n2cnc3cc(Cl)ccc32)sc1C(=O)O)c1cccc(O)c1Cl. The van der Waals surface area contributed by atoms with Gasteiger partial charge in [0, 0.05) is 16.7 Å². The molecule has 0 amide bonds. The summed E-state index contributed by atoms with van der Waals surface area (Å²) < 4.78 is 7.70. The zero-order valence-electron chi connectivity index (χ0n) is 15.0. The van der Waals surface area contributed by atoms with Crippen LogP contribution in [0.15, 0.2) is 48.8 Å². The highest BCUT2D eigenvalue weighted by molar-refractivity contribution is 7.16. The van der Waals surface area contributed by atoms with Gasteiger partial charge < -0.3 is 14.9 Å². The van der Waals surface area contributed by atoms with Gasteiger partial charge in [-0.2, -0.15) is 0 Å². The summed E-state index contributed by atoms with van der Waals surface area (Å²) in [5.74, 6) is -0.953. The number of hydrogen-bond acceptors (Lipinski definition) is 5. The van der Waals surface area contributed by atoms with Gasteiger partial charge in [-0.25, -0.2) is 9.78 Å². The number of phenols is 1. The Balaban J connectivity index is 1.73. The molecule has 0 radical (unpaired) electrons. The van der Waals surface area contributed by atoms with E-state index in [9.17, 15) is 15.0 Å². The number of aromatic hydroxyl groups is 1. The van der Waals surface area contributed by atoms with Crippen molar-refractivity contribution in [3.05, 3.63) is 69.3 Å². The lowest BCUT2D eigenvalue weighted by Crippen LogP contribution is -2.06. The Morgan fingerprint density at radius 3 is 2.79 bits per heavy atom. The quantitative estimate of drug-likeness (QED) is 0.394. The van der Waals surface area contributed by atoms with Crippen molar-refractivity contribution >= 4 is 51.5 Å². The minimum absolute atomic E-state index is 0.0546. The molecule has 0 unspecified atom stereocenters. The Morgan fingerprint density at radius 2 is 2.03 bits per heavy atom. The maximum Gasteiger partial charge on any atom is 0.349 e. The van der Waals surface area contributed by atoms with E-state index >= 15 is 0 Å². The van der Waals surface area contributed by atoms with Gasteiger partial charge in [-0.15, -0.1) is 11.3 Å². The lowest BCUT2D eigenvalue weighted by Gasteiger charge is -2.16. The monoisotopic (exact) mass is 448 g/mol. The first-order chi connectivity index (χ1) is 13.8. The first kappa shape index (κ1) is 19.6. The molecule has 2 heterocycles. The van der Waals surface area contributed by atoms with Crippen molar-refractivity contribution in [3.63, 3.8) is 0 Å². The molecule has 0 saturated carbocycles. The van der Waals surface area contributed by atoms with Gasteiger partial charge in [0.2, 0.25) is 0 Å². The van der Waals surface area contributed by atoms with E-state index in [2.05, 4.69) is 4.98 Å². The van der Waals surface area contributed by atoms with Crippen molar-refractivity contribution in [1.29, 1.82) is 0 Å². The van der Waals surface area contributed by atoms with E-state index in [0.717, 1.165) is 16.9 Å². The van der Waals surface area contributed by atoms with Gasteiger partial charge in [0.25, 0.3) is 0 Å². The smallest absolute Gasteiger partial charge is 0.349 e. The van der Waals surface area contributed by atoms with Crippen LogP contribution in [-0.4, -0.2) is 25.7 Å². The molecular formula is C20H14Cl2N2O4S. The van der Waals surface area contributed by atoms with Gasteiger partial charge in [0.15, 0.2) is 4.88 Å². The average Bonchev–Trinajstić information content (AvgIpc) is 3.27. The fraction of sp³-hybridized carbons (Fsp3) is 0.100. The summed E-state index contributed by atoms with van der Waals surface area (Å²) >= 11 is 13.2. The molecule has 0 aliphatic carbocycles. The molecule has 2 aromatic heterocycles. The average molecular weight is 449 g/mol. The van der Waals surface area contributed by atoms with Crippen LogP contribution < -0.4 is 4.74 Å². The first-order valence-electron chi connectivity index (χ1n) is 8.49. The predicted octanol–water partition coefficient (Wildman–Crippen LogP) is 5.94. The van der Waals surface area contributed by atoms with Gasteiger partial charge in [-0.1, -0.05) is 35.3 Å². The number of carboxylic acids is 1. The summed E-state index contributed by atoms with van der Waals surface area (Å²) in [6.07, 6.45) is 1.03. The Hall–Kier alpha value is -2.74. The van der Waals surface area contributed by atoms with Crippen molar-refractivity contribution in [2.24, 2.45) is 0 Å². The van der Waals surface area contributed by atoms with Crippen LogP contribution in [0.25, 0.3) is 16.0 Å². The van der Waals surface area contributed by atoms with Gasteiger partial charge in [0.05, 0.1) is 16.1 Å². The second-order valence-electron chi connectivity index (χ2n) is 6.27. The predicted molar refractivity (Wildman–Crippen MR) is 113 cm³/mol. The Bertz CT molecular complexity index is 1230. The molecule has 2 N–H and O–H groups in total. The maximum absolute atomic E-state index is 11.8. The maximum atomic E-state index is 11.8. The second kappa shape index (κ2) is 7.59. The first-order valence-corrected chi connectivity index (χ1v) is 10.1. The highest BCUT2D eigenvalue weighted by Gasteiger charge is 2.22. The zero-order valence-corrected chi connectivity index (χ0v) is 17.3. The Labute approximate surface area is 179 Å². The third kappa shape index (κ3) is 3.64. The number of nitrogens with zero attached hydrogens (tertiary/aromatic N) is 2. The summed E-state index contributed by atoms with van der Waals surface area (Å²) in [5, 5.41) is 20.8. The minimum atomic E-state index is -1.10. The molecule has 148 valence electrons. The van der Waals surface area contributed by atoms with E-state index in [1.165, 1.54) is 6.07 Å². The summed E-state index contributed by atoms with van der Waals surface area (Å²) in [6.45, 7) is 1.73. The molecule has 0 aliphatic heterocycles. The summed E-state index contributed by atoms with van der Waals surface area (Å²) in [6, 6.07) is 11.8. The number of carbonyl (C=O) groups is 1. The van der Waals surface area contributed by atoms with E-state index in [1.807, 2.05) is 6.07 Å². The van der Waals surface area contributed by atoms with E-state index in [0.29, 0.717) is 21.1 Å². The molecule has 0 aliphatic rings. The molecule has 4 rings (SSSR count). The normalized spacial score (nSPS) is 12.2. The molecule has 4 aromatic rings. The number of aromatic carboxylic acids is 1. The van der Waals surface area contributed by atoms with Crippen LogP contribution in [-0.2, 0) is 0 Å². The number of halogens is 2. The molecule has 29 heavy (non-hydrogen) atoms. The lowest BCUT2D eigenvalue weighted by atomic mass is 10.1. The molecule has 0 spiro atoms. The number of hydrogen-bond donors (Lipinski definition) is 2. The van der Waals surface area contributed by atoms with E-state index < -0.39 is 12.1 Å². The van der Waals surface area contributed by atoms with Crippen molar-refractivity contribution in [1.82, 2.24) is 9.55 Å². The molecule has 0 fully saturated rings. The molecule has 0 saturated heterocycles. The Morgan fingerprint density at radius 1 is 1.24 bits per heavy atom. The second-order valence-corrected chi connectivity index (χ2v) is 8.12. The summed E-state index contributed by atoms with van der Waals surface area (Å²) in [7, 11) is 0. The fourth-order valence-electron chi connectivity index (χ4n) is 2.98. The van der Waals surface area contributed by atoms with E-state index in [4.69, 9.17) is 27.9 Å². The molecule has 6 nitrogen and oxygen atoms in total. The summed E-state index contributed by atoms with van der Waals surface area (Å²) in [4.78, 5) is 16.1. The number of benzene rings is 2.